The molecule has 0 atom stereocenters. The molecule has 150 valence electrons. The highest BCUT2D eigenvalue weighted by molar-refractivity contribution is 7.07. The van der Waals surface area contributed by atoms with Crippen LogP contribution in [0.3, 0.4) is 0 Å². The summed E-state index contributed by atoms with van der Waals surface area (Å²) in [5, 5.41) is 1.94. The van der Waals surface area contributed by atoms with Crippen LogP contribution in [0, 0.1) is 5.92 Å². The molecule has 9 heteroatoms. The van der Waals surface area contributed by atoms with Gasteiger partial charge in [0.2, 0.25) is 0 Å². The van der Waals surface area contributed by atoms with Crippen LogP contribution in [0.15, 0.2) is 29.1 Å². The lowest BCUT2D eigenvalue weighted by Crippen LogP contribution is -2.40. The second kappa shape index (κ2) is 11.3. The van der Waals surface area contributed by atoms with Crippen molar-refractivity contribution in [3.05, 3.63) is 40.3 Å². The number of piperidine rings is 1. The Kier molecular flexibility index (Phi) is 9.87. The molecule has 6 nitrogen and oxygen atoms in total. The Hall–Kier alpha value is -1.54. The summed E-state index contributed by atoms with van der Waals surface area (Å²) in [6.07, 6.45) is 1.93. The van der Waals surface area contributed by atoms with Gasteiger partial charge in [-0.2, -0.15) is 0 Å². The number of halogens is 2. The van der Waals surface area contributed by atoms with E-state index < -0.39 is 0 Å². The van der Waals surface area contributed by atoms with E-state index in [1.54, 1.807) is 30.8 Å². The highest BCUT2D eigenvalue weighted by Gasteiger charge is 2.23. The lowest BCUT2D eigenvalue weighted by Gasteiger charge is -2.31. The molecule has 1 aliphatic rings. The summed E-state index contributed by atoms with van der Waals surface area (Å²) in [6.45, 7) is 2.58. The van der Waals surface area contributed by atoms with Crippen molar-refractivity contribution in [3.8, 4) is 11.5 Å². The van der Waals surface area contributed by atoms with Crippen LogP contribution >= 0.6 is 36.2 Å². The van der Waals surface area contributed by atoms with Gasteiger partial charge in [-0.3, -0.25) is 4.79 Å². The summed E-state index contributed by atoms with van der Waals surface area (Å²) in [5.41, 5.74) is 8.97. The van der Waals surface area contributed by atoms with E-state index in [1.807, 2.05) is 10.3 Å². The van der Waals surface area contributed by atoms with Gasteiger partial charge in [0, 0.05) is 24.0 Å². The predicted molar refractivity (Wildman–Crippen MR) is 112 cm³/mol. The second-order valence-corrected chi connectivity index (χ2v) is 6.82. The number of aromatic nitrogens is 1. The third-order valence-corrected chi connectivity index (χ3v) is 5.14. The van der Waals surface area contributed by atoms with E-state index in [0.717, 1.165) is 31.6 Å². The standard InChI is InChI=1S/C18H23N3O3S.2ClH/c1-23-17-8-14(18(22)21-6-4-13(9-19)5-7-21)2-3-16(17)24-10-15-11-25-12-20-15;;/h2-3,8,11-13H,4-7,9-10,19H2,1H3;2*1H. The number of methoxy groups -OCH3 is 1. The minimum absolute atomic E-state index is 0. The van der Waals surface area contributed by atoms with Gasteiger partial charge in [0.1, 0.15) is 6.61 Å². The maximum Gasteiger partial charge on any atom is 0.253 e. The molecule has 1 amide bonds. The van der Waals surface area contributed by atoms with E-state index in [2.05, 4.69) is 4.98 Å². The number of benzene rings is 1. The number of thiazole rings is 1. The number of carbonyl (C=O) groups is 1. The topological polar surface area (TPSA) is 77.7 Å². The smallest absolute Gasteiger partial charge is 0.253 e. The average Bonchev–Trinajstić information content (AvgIpc) is 3.19. The van der Waals surface area contributed by atoms with Gasteiger partial charge in [0.05, 0.1) is 18.3 Å². The zero-order valence-corrected chi connectivity index (χ0v) is 17.6. The zero-order valence-electron chi connectivity index (χ0n) is 15.1. The van der Waals surface area contributed by atoms with E-state index in [1.165, 1.54) is 11.3 Å². The Balaban J connectivity index is 0.00000182. The summed E-state index contributed by atoms with van der Waals surface area (Å²) < 4.78 is 11.2. The van der Waals surface area contributed by atoms with E-state index in [4.69, 9.17) is 15.2 Å². The number of likely N-dealkylation sites (tertiary alicyclic amines) is 1. The van der Waals surface area contributed by atoms with Crippen LogP contribution in [0.4, 0.5) is 0 Å². The van der Waals surface area contributed by atoms with E-state index in [-0.39, 0.29) is 30.7 Å². The number of nitrogens with zero attached hydrogens (tertiary/aromatic N) is 2. The molecule has 1 saturated heterocycles. The first-order chi connectivity index (χ1) is 12.2. The zero-order chi connectivity index (χ0) is 17.6. The fraction of sp³-hybridized carbons (Fsp3) is 0.444. The lowest BCUT2D eigenvalue weighted by atomic mass is 9.96. The van der Waals surface area contributed by atoms with Crippen LogP contribution < -0.4 is 15.2 Å². The average molecular weight is 434 g/mol. The maximum absolute atomic E-state index is 12.7. The third-order valence-electron chi connectivity index (χ3n) is 4.50. The fourth-order valence-corrected chi connectivity index (χ4v) is 3.48. The van der Waals surface area contributed by atoms with Crippen molar-refractivity contribution in [2.24, 2.45) is 11.7 Å². The van der Waals surface area contributed by atoms with Gasteiger partial charge in [-0.1, -0.05) is 0 Å². The van der Waals surface area contributed by atoms with Crippen molar-refractivity contribution in [2.45, 2.75) is 19.4 Å². The Morgan fingerprint density at radius 1 is 1.30 bits per heavy atom. The van der Waals surface area contributed by atoms with Crippen molar-refractivity contribution in [1.29, 1.82) is 0 Å². The molecular weight excluding hydrogens is 409 g/mol. The van der Waals surface area contributed by atoms with Crippen molar-refractivity contribution < 1.29 is 14.3 Å². The molecule has 27 heavy (non-hydrogen) atoms. The monoisotopic (exact) mass is 433 g/mol. The summed E-state index contributed by atoms with van der Waals surface area (Å²) in [5.74, 6) is 1.71. The summed E-state index contributed by atoms with van der Waals surface area (Å²) >= 11 is 1.53. The predicted octanol–water partition coefficient (Wildman–Crippen LogP) is 3.39. The molecule has 0 radical (unpaired) electrons. The molecule has 0 bridgehead atoms. The molecule has 2 aromatic rings. The van der Waals surface area contributed by atoms with E-state index >= 15 is 0 Å². The first-order valence-electron chi connectivity index (χ1n) is 8.38. The van der Waals surface area contributed by atoms with Crippen LogP contribution in [-0.2, 0) is 6.61 Å². The van der Waals surface area contributed by atoms with Gasteiger partial charge in [0.15, 0.2) is 11.5 Å². The Labute approximate surface area is 175 Å². The highest BCUT2D eigenvalue weighted by atomic mass is 35.5. The number of nitrogens with two attached hydrogens (primary N) is 1. The summed E-state index contributed by atoms with van der Waals surface area (Å²) in [7, 11) is 1.58. The highest BCUT2D eigenvalue weighted by Crippen LogP contribution is 2.30. The number of hydrogen-bond acceptors (Lipinski definition) is 6. The quantitative estimate of drug-likeness (QED) is 0.754. The van der Waals surface area contributed by atoms with Crippen molar-refractivity contribution in [3.63, 3.8) is 0 Å². The van der Waals surface area contributed by atoms with Gasteiger partial charge in [-0.05, 0) is 43.5 Å². The van der Waals surface area contributed by atoms with Crippen molar-refractivity contribution in [1.82, 2.24) is 9.88 Å². The first kappa shape index (κ1) is 23.5. The molecule has 1 aliphatic heterocycles. The number of hydrogen-bond donors (Lipinski definition) is 1. The molecule has 2 N–H and O–H groups in total. The molecule has 0 spiro atoms. The largest absolute Gasteiger partial charge is 0.493 e. The Bertz CT molecular complexity index is 708. The Morgan fingerprint density at radius 2 is 2.04 bits per heavy atom. The van der Waals surface area contributed by atoms with Gasteiger partial charge in [-0.15, -0.1) is 36.2 Å². The molecule has 0 saturated carbocycles. The number of rotatable bonds is 6. The first-order valence-corrected chi connectivity index (χ1v) is 9.32. The maximum atomic E-state index is 12.7. The minimum atomic E-state index is 0. The third kappa shape index (κ3) is 5.97. The van der Waals surface area contributed by atoms with Crippen LogP contribution in [0.2, 0.25) is 0 Å². The van der Waals surface area contributed by atoms with Crippen LogP contribution in [0.25, 0.3) is 0 Å². The number of amides is 1. The summed E-state index contributed by atoms with van der Waals surface area (Å²) in [4.78, 5) is 18.8. The van der Waals surface area contributed by atoms with Crippen LogP contribution in [0.1, 0.15) is 28.9 Å². The molecule has 1 aromatic carbocycles. The summed E-state index contributed by atoms with van der Waals surface area (Å²) in [6, 6.07) is 5.31. The lowest BCUT2D eigenvalue weighted by molar-refractivity contribution is 0.0693. The van der Waals surface area contributed by atoms with Gasteiger partial charge in [0.25, 0.3) is 5.91 Å². The molecule has 1 fully saturated rings. The molecule has 2 heterocycles. The van der Waals surface area contributed by atoms with Crippen molar-refractivity contribution >= 4 is 42.1 Å². The van der Waals surface area contributed by atoms with Gasteiger partial charge >= 0.3 is 0 Å². The van der Waals surface area contributed by atoms with E-state index in [9.17, 15) is 4.79 Å². The number of ether oxygens (including phenoxy) is 2. The number of carbonyl (C=O) groups excluding carboxylic acids is 1. The van der Waals surface area contributed by atoms with Crippen LogP contribution in [0.5, 0.6) is 11.5 Å². The fourth-order valence-electron chi connectivity index (χ4n) is 2.93. The molecule has 1 aromatic heterocycles. The molecule has 3 rings (SSSR count). The Morgan fingerprint density at radius 3 is 2.63 bits per heavy atom. The van der Waals surface area contributed by atoms with Gasteiger partial charge < -0.3 is 20.1 Å². The minimum Gasteiger partial charge on any atom is -0.493 e. The normalized spacial score (nSPS) is 14.1. The molecule has 0 unspecified atom stereocenters. The molecule has 0 aliphatic carbocycles. The van der Waals surface area contributed by atoms with Crippen LogP contribution in [-0.4, -0.2) is 42.5 Å². The van der Waals surface area contributed by atoms with E-state index in [0.29, 0.717) is 36.1 Å². The SMILES string of the molecule is COc1cc(C(=O)N2CCC(CN)CC2)ccc1OCc1cscn1.Cl.Cl. The second-order valence-electron chi connectivity index (χ2n) is 6.11. The van der Waals surface area contributed by atoms with Gasteiger partial charge in [-0.25, -0.2) is 4.98 Å². The molecular formula is C18H25Cl2N3O3S. The van der Waals surface area contributed by atoms with Crippen molar-refractivity contribution in [2.75, 3.05) is 26.7 Å².